The van der Waals surface area contributed by atoms with Gasteiger partial charge in [-0.2, -0.15) is 0 Å². The molecule has 0 atom stereocenters. The van der Waals surface area contributed by atoms with Crippen molar-refractivity contribution in [2.24, 2.45) is 0 Å². The Kier molecular flexibility index (Phi) is 2.79. The standard InChI is InChI=1S/C8H10OSe/c1-2-9-7-3-5-8(10)6-4-7/h3-6,10H,2H2,1H3. The van der Waals surface area contributed by atoms with Crippen LogP contribution in [0.2, 0.25) is 0 Å². The van der Waals surface area contributed by atoms with Gasteiger partial charge < -0.3 is 0 Å². The van der Waals surface area contributed by atoms with Crippen molar-refractivity contribution in [1.29, 1.82) is 0 Å². The van der Waals surface area contributed by atoms with Crippen LogP contribution < -0.4 is 9.20 Å². The molecule has 0 aliphatic rings. The molecule has 0 unspecified atom stereocenters. The molecule has 1 nitrogen and oxygen atoms in total. The van der Waals surface area contributed by atoms with E-state index in [1.54, 1.807) is 0 Å². The Morgan fingerprint density at radius 1 is 1.30 bits per heavy atom. The summed E-state index contributed by atoms with van der Waals surface area (Å²) in [5, 5.41) is 0. The van der Waals surface area contributed by atoms with Crippen LogP contribution in [0.5, 0.6) is 5.75 Å². The summed E-state index contributed by atoms with van der Waals surface area (Å²) in [6, 6.07) is 7.98. The van der Waals surface area contributed by atoms with Gasteiger partial charge in [-0.1, -0.05) is 0 Å². The van der Waals surface area contributed by atoms with Crippen LogP contribution in [0, 0.1) is 0 Å². The molecule has 0 N–H and O–H groups in total. The summed E-state index contributed by atoms with van der Waals surface area (Å²) in [6.45, 7) is 2.72. The van der Waals surface area contributed by atoms with Crippen LogP contribution in [-0.4, -0.2) is 22.6 Å². The Morgan fingerprint density at radius 3 is 2.40 bits per heavy atom. The first-order valence-electron chi connectivity index (χ1n) is 3.24. The van der Waals surface area contributed by atoms with Crippen LogP contribution in [0.1, 0.15) is 6.92 Å². The van der Waals surface area contributed by atoms with E-state index in [0.29, 0.717) is 0 Å². The van der Waals surface area contributed by atoms with E-state index < -0.39 is 0 Å². The van der Waals surface area contributed by atoms with Gasteiger partial charge in [0, 0.05) is 0 Å². The van der Waals surface area contributed by atoms with Crippen LogP contribution in [0.25, 0.3) is 0 Å². The molecule has 0 fully saturated rings. The number of hydrogen-bond donors (Lipinski definition) is 0. The number of rotatable bonds is 2. The number of benzene rings is 1. The molecule has 0 saturated carbocycles. The van der Waals surface area contributed by atoms with E-state index in [1.807, 2.05) is 31.2 Å². The van der Waals surface area contributed by atoms with Crippen molar-refractivity contribution in [2.45, 2.75) is 6.92 Å². The summed E-state index contributed by atoms with van der Waals surface area (Å²) >= 11 is 2.49. The molecule has 1 aromatic carbocycles. The first-order chi connectivity index (χ1) is 4.83. The number of hydrogen-bond acceptors (Lipinski definition) is 1. The van der Waals surface area contributed by atoms with Gasteiger partial charge in [-0.25, -0.2) is 0 Å². The summed E-state index contributed by atoms with van der Waals surface area (Å²) in [7, 11) is 0. The molecule has 1 rings (SSSR count). The average Bonchev–Trinajstić information content (AvgIpc) is 1.95. The van der Waals surface area contributed by atoms with E-state index in [9.17, 15) is 0 Å². The van der Waals surface area contributed by atoms with Crippen molar-refractivity contribution in [3.8, 4) is 5.75 Å². The third-order valence-corrected chi connectivity index (χ3v) is 1.77. The second-order valence-corrected chi connectivity index (χ2v) is 3.01. The second kappa shape index (κ2) is 3.65. The van der Waals surface area contributed by atoms with Crippen LogP contribution in [0.4, 0.5) is 0 Å². The van der Waals surface area contributed by atoms with Gasteiger partial charge in [-0.3, -0.25) is 0 Å². The quantitative estimate of drug-likeness (QED) is 0.637. The van der Waals surface area contributed by atoms with E-state index in [2.05, 4.69) is 16.0 Å². The SMILES string of the molecule is CCOc1ccc([SeH])cc1. The van der Waals surface area contributed by atoms with Gasteiger partial charge in [0.1, 0.15) is 0 Å². The first kappa shape index (κ1) is 7.64. The normalized spacial score (nSPS) is 9.40. The second-order valence-electron chi connectivity index (χ2n) is 1.93. The number of ether oxygens (including phenoxy) is 1. The third kappa shape index (κ3) is 2.05. The van der Waals surface area contributed by atoms with Crippen molar-refractivity contribution in [1.82, 2.24) is 0 Å². The Labute approximate surface area is 69.2 Å². The molecular formula is C8H10OSe. The topological polar surface area (TPSA) is 9.23 Å². The molecule has 10 heavy (non-hydrogen) atoms. The molecule has 0 saturated heterocycles. The van der Waals surface area contributed by atoms with Gasteiger partial charge in [0.2, 0.25) is 0 Å². The van der Waals surface area contributed by atoms with E-state index in [4.69, 9.17) is 4.74 Å². The zero-order valence-corrected chi connectivity index (χ0v) is 7.75. The van der Waals surface area contributed by atoms with Gasteiger partial charge in [0.15, 0.2) is 0 Å². The molecular weight excluding hydrogens is 191 g/mol. The zero-order valence-electron chi connectivity index (χ0n) is 5.87. The van der Waals surface area contributed by atoms with E-state index in [1.165, 1.54) is 4.46 Å². The maximum atomic E-state index is 5.25. The minimum absolute atomic E-state index is 0.734. The molecule has 0 aliphatic carbocycles. The summed E-state index contributed by atoms with van der Waals surface area (Å²) in [4.78, 5) is 0. The minimum atomic E-state index is 0.734. The van der Waals surface area contributed by atoms with Crippen LogP contribution in [0.3, 0.4) is 0 Å². The maximum absolute atomic E-state index is 5.25. The monoisotopic (exact) mass is 202 g/mol. The fourth-order valence-electron chi connectivity index (χ4n) is 0.709. The summed E-state index contributed by atoms with van der Waals surface area (Å²) in [5.74, 6) is 0.942. The molecule has 1 aromatic rings. The van der Waals surface area contributed by atoms with E-state index in [-0.39, 0.29) is 0 Å². The molecule has 54 valence electrons. The van der Waals surface area contributed by atoms with Gasteiger partial charge in [-0.15, -0.1) is 0 Å². The molecule has 0 heterocycles. The average molecular weight is 201 g/mol. The molecule has 0 bridgehead atoms. The van der Waals surface area contributed by atoms with Crippen molar-refractivity contribution in [2.75, 3.05) is 6.61 Å². The van der Waals surface area contributed by atoms with E-state index >= 15 is 0 Å². The Morgan fingerprint density at radius 2 is 1.90 bits per heavy atom. The molecule has 0 radical (unpaired) electrons. The Balaban J connectivity index is 2.69. The van der Waals surface area contributed by atoms with Gasteiger partial charge in [0.05, 0.1) is 0 Å². The Bertz CT molecular complexity index is 193. The first-order valence-corrected chi connectivity index (χ1v) is 4.18. The summed E-state index contributed by atoms with van der Waals surface area (Å²) in [6.07, 6.45) is 0. The molecule has 0 amide bonds. The van der Waals surface area contributed by atoms with E-state index in [0.717, 1.165) is 12.4 Å². The fraction of sp³-hybridized carbons (Fsp3) is 0.250. The molecule has 0 aliphatic heterocycles. The van der Waals surface area contributed by atoms with Crippen molar-refractivity contribution in [3.63, 3.8) is 0 Å². The zero-order chi connectivity index (χ0) is 7.40. The summed E-state index contributed by atoms with van der Waals surface area (Å²) in [5.41, 5.74) is 0. The predicted molar refractivity (Wildman–Crippen MR) is 44.4 cm³/mol. The Hall–Kier alpha value is -0.461. The van der Waals surface area contributed by atoms with Crippen LogP contribution in [-0.2, 0) is 0 Å². The fourth-order valence-corrected chi connectivity index (χ4v) is 1.02. The third-order valence-electron chi connectivity index (χ3n) is 1.15. The molecule has 2 heteroatoms. The van der Waals surface area contributed by atoms with Crippen molar-refractivity contribution < 1.29 is 4.74 Å². The van der Waals surface area contributed by atoms with Crippen molar-refractivity contribution in [3.05, 3.63) is 24.3 Å². The van der Waals surface area contributed by atoms with Gasteiger partial charge >= 0.3 is 68.8 Å². The van der Waals surface area contributed by atoms with Crippen LogP contribution in [0.15, 0.2) is 24.3 Å². The van der Waals surface area contributed by atoms with Crippen molar-refractivity contribution >= 4 is 20.5 Å². The van der Waals surface area contributed by atoms with Crippen LogP contribution >= 0.6 is 0 Å². The van der Waals surface area contributed by atoms with Gasteiger partial charge in [0.25, 0.3) is 0 Å². The van der Waals surface area contributed by atoms with Gasteiger partial charge in [-0.05, 0) is 0 Å². The summed E-state index contributed by atoms with van der Waals surface area (Å²) < 4.78 is 6.46. The molecule has 0 aromatic heterocycles. The predicted octanol–water partition coefficient (Wildman–Crippen LogP) is 0.611. The molecule has 0 spiro atoms.